The third-order valence-electron chi connectivity index (χ3n) is 4.64. The number of ether oxygens (including phenoxy) is 1. The van der Waals surface area contributed by atoms with Gasteiger partial charge in [-0.15, -0.1) is 10.2 Å². The zero-order chi connectivity index (χ0) is 22.5. The van der Waals surface area contributed by atoms with Crippen LogP contribution in [0.2, 0.25) is 0 Å². The maximum atomic E-state index is 13.9. The first kappa shape index (κ1) is 21.6. The Balaban J connectivity index is 1.62. The van der Waals surface area contributed by atoms with Crippen LogP contribution in [0.15, 0.2) is 72.0 Å². The van der Waals surface area contributed by atoms with Gasteiger partial charge in [-0.2, -0.15) is 0 Å². The van der Waals surface area contributed by atoms with Crippen LogP contribution in [0.4, 0.5) is 8.78 Å². The van der Waals surface area contributed by atoms with Crippen LogP contribution in [0.25, 0.3) is 17.2 Å². The van der Waals surface area contributed by atoms with Crippen molar-refractivity contribution in [2.24, 2.45) is 0 Å². The number of nitrogens with zero attached hydrogens (tertiary/aromatic N) is 4. The van der Waals surface area contributed by atoms with Crippen LogP contribution in [0.5, 0.6) is 5.75 Å². The lowest BCUT2D eigenvalue weighted by Gasteiger charge is -2.11. The van der Waals surface area contributed by atoms with Crippen LogP contribution in [-0.2, 0) is 11.2 Å². The molecule has 0 saturated carbocycles. The summed E-state index contributed by atoms with van der Waals surface area (Å²) in [5, 5.41) is 8.94. The van der Waals surface area contributed by atoms with Crippen molar-refractivity contribution in [3.05, 3.63) is 84.1 Å². The van der Waals surface area contributed by atoms with Gasteiger partial charge in [-0.25, -0.2) is 8.78 Å². The molecule has 0 unspecified atom stereocenters. The van der Waals surface area contributed by atoms with Crippen molar-refractivity contribution in [1.29, 1.82) is 0 Å². The highest BCUT2D eigenvalue weighted by atomic mass is 32.2. The minimum atomic E-state index is -0.736. The molecule has 9 heteroatoms. The summed E-state index contributed by atoms with van der Waals surface area (Å²) in [4.78, 5) is 16.8. The fourth-order valence-corrected chi connectivity index (χ4v) is 3.91. The van der Waals surface area contributed by atoms with E-state index >= 15 is 0 Å². The number of aromatic nitrogens is 4. The topological polar surface area (TPSA) is 69.9 Å². The van der Waals surface area contributed by atoms with Crippen molar-refractivity contribution >= 4 is 17.5 Å². The Hall–Kier alpha value is -3.59. The minimum Gasteiger partial charge on any atom is -0.497 e. The molecule has 6 nitrogen and oxygen atoms in total. The number of carbonyl (C=O) groups is 1. The quantitative estimate of drug-likeness (QED) is 0.366. The monoisotopic (exact) mass is 452 g/mol. The van der Waals surface area contributed by atoms with Gasteiger partial charge in [0.05, 0.1) is 18.6 Å². The fraction of sp³-hybridized carbons (Fsp3) is 0.130. The number of hydrogen-bond acceptors (Lipinski definition) is 6. The maximum Gasteiger partial charge on any atom is 0.196 e. The molecule has 0 aliphatic heterocycles. The Morgan fingerprint density at radius 3 is 2.53 bits per heavy atom. The van der Waals surface area contributed by atoms with E-state index in [9.17, 15) is 13.6 Å². The second kappa shape index (κ2) is 9.69. The van der Waals surface area contributed by atoms with Gasteiger partial charge in [0, 0.05) is 24.2 Å². The zero-order valence-corrected chi connectivity index (χ0v) is 17.9. The van der Waals surface area contributed by atoms with E-state index in [0.29, 0.717) is 22.4 Å². The summed E-state index contributed by atoms with van der Waals surface area (Å²) in [6.07, 6.45) is 1.31. The van der Waals surface area contributed by atoms with Gasteiger partial charge in [-0.3, -0.25) is 14.3 Å². The lowest BCUT2D eigenvalue weighted by Crippen LogP contribution is -2.10. The summed E-state index contributed by atoms with van der Waals surface area (Å²) in [6, 6.07) is 16.3. The molecule has 0 atom stereocenters. The van der Waals surface area contributed by atoms with Gasteiger partial charge in [-0.1, -0.05) is 30.0 Å². The van der Waals surface area contributed by atoms with E-state index in [-0.39, 0.29) is 23.5 Å². The molecule has 2 aromatic heterocycles. The highest BCUT2D eigenvalue weighted by Gasteiger charge is 2.19. The summed E-state index contributed by atoms with van der Waals surface area (Å²) in [5.41, 5.74) is 1.10. The van der Waals surface area contributed by atoms with E-state index in [0.717, 1.165) is 29.6 Å². The second-order valence-corrected chi connectivity index (χ2v) is 7.70. The van der Waals surface area contributed by atoms with Gasteiger partial charge < -0.3 is 4.74 Å². The van der Waals surface area contributed by atoms with Crippen LogP contribution < -0.4 is 4.74 Å². The molecule has 0 spiro atoms. The number of ketones is 1. The van der Waals surface area contributed by atoms with E-state index in [1.54, 1.807) is 30.0 Å². The third kappa shape index (κ3) is 4.67. The first-order valence-corrected chi connectivity index (χ1v) is 10.6. The van der Waals surface area contributed by atoms with E-state index in [1.807, 2.05) is 30.3 Å². The average molecular weight is 452 g/mol. The molecular formula is C23H18F2N4O2S. The number of hydrogen-bond donors (Lipinski definition) is 0. The third-order valence-corrected chi connectivity index (χ3v) is 5.63. The van der Waals surface area contributed by atoms with E-state index in [2.05, 4.69) is 15.2 Å². The number of benzene rings is 2. The Morgan fingerprint density at radius 2 is 1.81 bits per heavy atom. The molecule has 0 amide bonds. The van der Waals surface area contributed by atoms with Gasteiger partial charge >= 0.3 is 0 Å². The van der Waals surface area contributed by atoms with Crippen molar-refractivity contribution in [3.8, 4) is 23.0 Å². The molecular weight excluding hydrogens is 434 g/mol. The molecule has 2 heterocycles. The number of rotatable bonds is 8. The number of pyridine rings is 1. The molecule has 0 saturated heterocycles. The molecule has 0 radical (unpaired) electrons. The summed E-state index contributed by atoms with van der Waals surface area (Å²) in [6.45, 7) is 0. The van der Waals surface area contributed by atoms with Gasteiger partial charge in [0.25, 0.3) is 0 Å². The summed E-state index contributed by atoms with van der Waals surface area (Å²) >= 11 is 1.14. The SMILES string of the molecule is COc1cccc(-n2c(SCC(=O)Cc3c(F)cccc3F)nnc2-c2ccccn2)c1. The Kier molecular flexibility index (Phi) is 6.55. The molecule has 32 heavy (non-hydrogen) atoms. The van der Waals surface area contributed by atoms with Crippen molar-refractivity contribution in [2.45, 2.75) is 11.6 Å². The predicted molar refractivity (Wildman–Crippen MR) is 117 cm³/mol. The van der Waals surface area contributed by atoms with Crippen LogP contribution >= 0.6 is 11.8 Å². The summed E-state index contributed by atoms with van der Waals surface area (Å²) in [5.74, 6) is -0.698. The lowest BCUT2D eigenvalue weighted by atomic mass is 10.1. The first-order valence-electron chi connectivity index (χ1n) is 9.65. The molecule has 0 bridgehead atoms. The first-order chi connectivity index (χ1) is 15.6. The number of carbonyl (C=O) groups excluding carboxylic acids is 1. The van der Waals surface area contributed by atoms with E-state index < -0.39 is 11.6 Å². The molecule has 162 valence electrons. The van der Waals surface area contributed by atoms with Crippen LogP contribution in [0, 0.1) is 11.6 Å². The summed E-state index contributed by atoms with van der Waals surface area (Å²) in [7, 11) is 1.57. The van der Waals surface area contributed by atoms with E-state index in [1.165, 1.54) is 6.07 Å². The molecule has 0 aliphatic carbocycles. The smallest absolute Gasteiger partial charge is 0.196 e. The molecule has 0 N–H and O–H groups in total. The number of methoxy groups -OCH3 is 1. The normalized spacial score (nSPS) is 10.8. The molecule has 0 aliphatic rings. The maximum absolute atomic E-state index is 13.9. The average Bonchev–Trinajstić information content (AvgIpc) is 3.25. The van der Waals surface area contributed by atoms with Gasteiger partial charge in [0.2, 0.25) is 0 Å². The minimum absolute atomic E-state index is 0.0297. The van der Waals surface area contributed by atoms with Crippen molar-refractivity contribution in [2.75, 3.05) is 12.9 Å². The number of thioether (sulfide) groups is 1. The second-order valence-electron chi connectivity index (χ2n) is 6.76. The highest BCUT2D eigenvalue weighted by Crippen LogP contribution is 2.29. The molecule has 2 aromatic carbocycles. The largest absolute Gasteiger partial charge is 0.497 e. The van der Waals surface area contributed by atoms with Crippen LogP contribution in [-0.4, -0.2) is 38.4 Å². The lowest BCUT2D eigenvalue weighted by molar-refractivity contribution is -0.116. The Bertz CT molecular complexity index is 1230. The van der Waals surface area contributed by atoms with Crippen LogP contribution in [0.1, 0.15) is 5.56 Å². The molecule has 4 aromatic rings. The van der Waals surface area contributed by atoms with Crippen molar-refractivity contribution < 1.29 is 18.3 Å². The van der Waals surface area contributed by atoms with Gasteiger partial charge in [0.15, 0.2) is 11.0 Å². The highest BCUT2D eigenvalue weighted by molar-refractivity contribution is 7.99. The van der Waals surface area contributed by atoms with E-state index in [4.69, 9.17) is 4.74 Å². The zero-order valence-electron chi connectivity index (χ0n) is 17.0. The Labute approximate surface area is 187 Å². The molecule has 0 fully saturated rings. The van der Waals surface area contributed by atoms with Gasteiger partial charge in [0.1, 0.15) is 28.9 Å². The number of Topliss-reactive ketones (excluding diaryl/α,β-unsaturated/α-hetero) is 1. The Morgan fingerprint density at radius 1 is 1.03 bits per heavy atom. The number of halogens is 2. The summed E-state index contributed by atoms with van der Waals surface area (Å²) < 4.78 is 34.8. The van der Waals surface area contributed by atoms with Crippen LogP contribution in [0.3, 0.4) is 0 Å². The molecule has 4 rings (SSSR count). The fourth-order valence-electron chi connectivity index (χ4n) is 3.10. The van der Waals surface area contributed by atoms with Crippen molar-refractivity contribution in [3.63, 3.8) is 0 Å². The van der Waals surface area contributed by atoms with Crippen molar-refractivity contribution in [1.82, 2.24) is 19.7 Å². The van der Waals surface area contributed by atoms with Gasteiger partial charge in [-0.05, 0) is 36.4 Å². The predicted octanol–water partition coefficient (Wildman–Crippen LogP) is 4.52. The standard InChI is InChI=1S/C23H18F2N4O2S/c1-31-17-7-4-6-15(12-17)29-22(21-10-2-3-11-26-21)27-28-23(29)32-14-16(30)13-18-19(24)8-5-9-20(18)25/h2-12H,13-14H2,1H3.